The van der Waals surface area contributed by atoms with E-state index in [0.29, 0.717) is 45.6 Å². The highest BCUT2D eigenvalue weighted by molar-refractivity contribution is 9.10. The van der Waals surface area contributed by atoms with Gasteiger partial charge in [-0.2, -0.15) is 35.9 Å². The van der Waals surface area contributed by atoms with Crippen LogP contribution in [0.15, 0.2) is 138 Å². The van der Waals surface area contributed by atoms with Crippen LogP contribution in [0.1, 0.15) is 54.9 Å². The van der Waals surface area contributed by atoms with E-state index >= 15 is 0 Å². The van der Waals surface area contributed by atoms with Crippen molar-refractivity contribution in [2.45, 2.75) is 38.3 Å². The molecule has 8 aromatic rings. The molecule has 332 valence electrons. The van der Waals surface area contributed by atoms with Crippen molar-refractivity contribution in [3.63, 3.8) is 0 Å². The zero-order valence-corrected chi connectivity index (χ0v) is 35.4. The van der Waals surface area contributed by atoms with E-state index in [1.165, 1.54) is 59.2 Å². The van der Waals surface area contributed by atoms with Gasteiger partial charge in [0, 0.05) is 26.7 Å². The number of esters is 1. The summed E-state index contributed by atoms with van der Waals surface area (Å²) in [5.41, 5.74) is 3.61. The SMILES string of the molecule is COC(=O)c1ccc(Cc2ccc(C(F)(F)F)cc2)c(-c2nnn(Cc3ccccc3F)n2)c1.Fc1ccccc1Cn1nnc(-c2cc(Br)ccc2Cc2ccc(C(F)(F)F)cc2)n1. The highest BCUT2D eigenvalue weighted by Crippen LogP contribution is 2.32. The van der Waals surface area contributed by atoms with E-state index in [9.17, 15) is 39.9 Å². The number of hydrogen-bond acceptors (Lipinski definition) is 8. The van der Waals surface area contributed by atoms with Gasteiger partial charge >= 0.3 is 18.3 Å². The molecular weight excluding hydrogens is 928 g/mol. The molecular formula is C46H33BrF8N8O2. The molecule has 0 N–H and O–H groups in total. The van der Waals surface area contributed by atoms with Crippen molar-refractivity contribution in [2.24, 2.45) is 0 Å². The zero-order valence-electron chi connectivity index (χ0n) is 33.8. The van der Waals surface area contributed by atoms with Crippen LogP contribution in [0.3, 0.4) is 0 Å². The van der Waals surface area contributed by atoms with Gasteiger partial charge < -0.3 is 4.74 Å². The van der Waals surface area contributed by atoms with Gasteiger partial charge in [-0.15, -0.1) is 20.4 Å². The lowest BCUT2D eigenvalue weighted by molar-refractivity contribution is -0.138. The van der Waals surface area contributed by atoms with Crippen molar-refractivity contribution in [1.29, 1.82) is 0 Å². The van der Waals surface area contributed by atoms with Gasteiger partial charge in [0.05, 0.1) is 36.9 Å². The Labute approximate surface area is 373 Å². The molecule has 0 saturated carbocycles. The molecule has 0 unspecified atom stereocenters. The van der Waals surface area contributed by atoms with E-state index in [1.807, 2.05) is 18.2 Å². The second-order valence-corrected chi connectivity index (χ2v) is 15.3. The molecule has 0 aliphatic carbocycles. The van der Waals surface area contributed by atoms with Crippen LogP contribution in [0.4, 0.5) is 35.1 Å². The number of ether oxygens (including phenoxy) is 1. The van der Waals surface area contributed by atoms with Crippen molar-refractivity contribution in [3.8, 4) is 22.8 Å². The molecule has 0 fully saturated rings. The van der Waals surface area contributed by atoms with E-state index in [2.05, 4.69) is 46.8 Å². The maximum Gasteiger partial charge on any atom is 0.416 e. The molecule has 0 radical (unpaired) electrons. The number of carbonyl (C=O) groups excluding carboxylic acids is 1. The summed E-state index contributed by atoms with van der Waals surface area (Å²) < 4.78 is 111. The molecule has 0 saturated heterocycles. The van der Waals surface area contributed by atoms with Crippen molar-refractivity contribution in [1.82, 2.24) is 40.4 Å². The normalized spacial score (nSPS) is 11.5. The maximum absolute atomic E-state index is 14.0. The minimum absolute atomic E-state index is 0.0462. The topological polar surface area (TPSA) is 114 Å². The summed E-state index contributed by atoms with van der Waals surface area (Å²) in [5, 5.41) is 24.8. The Morgan fingerprint density at radius 3 is 1.43 bits per heavy atom. The first-order chi connectivity index (χ1) is 31.0. The van der Waals surface area contributed by atoms with Crippen LogP contribution in [0.25, 0.3) is 22.8 Å². The van der Waals surface area contributed by atoms with Crippen LogP contribution < -0.4 is 0 Å². The number of tetrazole rings is 2. The Morgan fingerprint density at radius 2 is 1.00 bits per heavy atom. The molecule has 0 aliphatic heterocycles. The summed E-state index contributed by atoms with van der Waals surface area (Å²) in [7, 11) is 1.25. The molecule has 2 aromatic heterocycles. The predicted molar refractivity (Wildman–Crippen MR) is 225 cm³/mol. The number of aromatic nitrogens is 8. The molecule has 0 amide bonds. The number of nitrogens with zero attached hydrogens (tertiary/aromatic N) is 8. The van der Waals surface area contributed by atoms with Gasteiger partial charge in [0.25, 0.3) is 0 Å². The fraction of sp³-hybridized carbons (Fsp3) is 0.152. The molecule has 8 rings (SSSR count). The third-order valence-corrected chi connectivity index (χ3v) is 10.4. The number of methoxy groups -OCH3 is 1. The van der Waals surface area contributed by atoms with Crippen molar-refractivity contribution in [3.05, 3.63) is 200 Å². The van der Waals surface area contributed by atoms with Gasteiger partial charge in [0.2, 0.25) is 11.6 Å². The van der Waals surface area contributed by atoms with E-state index in [0.717, 1.165) is 39.9 Å². The molecule has 65 heavy (non-hydrogen) atoms. The Balaban J connectivity index is 0.000000195. The summed E-state index contributed by atoms with van der Waals surface area (Å²) >= 11 is 3.42. The molecule has 2 heterocycles. The number of rotatable bonds is 11. The van der Waals surface area contributed by atoms with E-state index in [-0.39, 0.29) is 36.7 Å². The summed E-state index contributed by atoms with van der Waals surface area (Å²) in [6.07, 6.45) is -8.15. The monoisotopic (exact) mass is 960 g/mol. The second-order valence-electron chi connectivity index (χ2n) is 14.4. The smallest absolute Gasteiger partial charge is 0.416 e. The number of hydrogen-bond donors (Lipinski definition) is 0. The number of alkyl halides is 6. The maximum atomic E-state index is 14.0. The van der Waals surface area contributed by atoms with E-state index in [4.69, 9.17) is 4.74 Å². The average Bonchev–Trinajstić information content (AvgIpc) is 3.96. The van der Waals surface area contributed by atoms with Crippen molar-refractivity contribution < 1.29 is 44.7 Å². The number of halogens is 9. The standard InChI is InChI=1S/C24H18F4N4O2.C22H15BrF4N4/c1-34-23(33)17-9-8-16(12-15-6-10-19(11-7-15)24(26,27)28)20(13-17)22-29-31-32(30-22)14-18-4-2-3-5-21(18)25;23-18-10-7-15(11-14-5-8-17(9-6-14)22(25,26)27)19(12-18)21-28-30-31(29-21)13-16-3-1-2-4-20(16)24/h2-11,13H,12,14H2,1H3;1-10,12H,11,13H2. The number of benzene rings is 6. The van der Waals surface area contributed by atoms with Crippen molar-refractivity contribution >= 4 is 21.9 Å². The Hall–Kier alpha value is -7.15. The minimum atomic E-state index is -4.42. The van der Waals surface area contributed by atoms with E-state index < -0.39 is 35.3 Å². The molecule has 0 bridgehead atoms. The van der Waals surface area contributed by atoms with Crippen LogP contribution in [0.2, 0.25) is 0 Å². The van der Waals surface area contributed by atoms with Crippen LogP contribution in [0.5, 0.6) is 0 Å². The molecule has 0 atom stereocenters. The summed E-state index contributed by atoms with van der Waals surface area (Å²) in [4.78, 5) is 14.6. The molecule has 19 heteroatoms. The predicted octanol–water partition coefficient (Wildman–Crippen LogP) is 10.8. The van der Waals surface area contributed by atoms with Gasteiger partial charge in [-0.25, -0.2) is 13.6 Å². The third-order valence-electron chi connectivity index (χ3n) is 9.88. The summed E-state index contributed by atoms with van der Waals surface area (Å²) in [6.45, 7) is 0.173. The summed E-state index contributed by atoms with van der Waals surface area (Å²) in [5.74, 6) is -0.798. The Bertz CT molecular complexity index is 2920. The first kappa shape index (κ1) is 45.9. The van der Waals surface area contributed by atoms with Crippen LogP contribution in [-0.2, 0) is 43.0 Å². The highest BCUT2D eigenvalue weighted by Gasteiger charge is 2.31. The van der Waals surface area contributed by atoms with Crippen molar-refractivity contribution in [2.75, 3.05) is 7.11 Å². The lowest BCUT2D eigenvalue weighted by Crippen LogP contribution is -2.06. The first-order valence-electron chi connectivity index (χ1n) is 19.4. The molecule has 0 aliphatic rings. The average molecular weight is 962 g/mol. The Morgan fingerprint density at radius 1 is 0.569 bits per heavy atom. The lowest BCUT2D eigenvalue weighted by Gasteiger charge is -2.11. The molecule has 10 nitrogen and oxygen atoms in total. The molecule has 6 aromatic carbocycles. The first-order valence-corrected chi connectivity index (χ1v) is 20.2. The largest absolute Gasteiger partial charge is 0.465 e. The Kier molecular flexibility index (Phi) is 13.9. The second kappa shape index (κ2) is 19.7. The fourth-order valence-corrected chi connectivity index (χ4v) is 6.91. The summed E-state index contributed by atoms with van der Waals surface area (Å²) in [6, 6.07) is 32.7. The van der Waals surface area contributed by atoms with Crippen LogP contribution >= 0.6 is 15.9 Å². The highest BCUT2D eigenvalue weighted by atomic mass is 79.9. The van der Waals surface area contributed by atoms with E-state index in [1.54, 1.807) is 48.5 Å². The van der Waals surface area contributed by atoms with Gasteiger partial charge in [-0.1, -0.05) is 88.7 Å². The quantitative estimate of drug-likeness (QED) is 0.0930. The molecule has 0 spiro atoms. The van der Waals surface area contributed by atoms with Gasteiger partial charge in [0.15, 0.2) is 0 Å². The minimum Gasteiger partial charge on any atom is -0.465 e. The third kappa shape index (κ3) is 11.7. The zero-order chi connectivity index (χ0) is 46.3. The van der Waals surface area contributed by atoms with Crippen LogP contribution in [-0.4, -0.2) is 53.5 Å². The van der Waals surface area contributed by atoms with Gasteiger partial charge in [-0.3, -0.25) is 0 Å². The number of carbonyl (C=O) groups is 1. The fourth-order valence-electron chi connectivity index (χ4n) is 6.55. The van der Waals surface area contributed by atoms with Gasteiger partial charge in [-0.05, 0) is 106 Å². The van der Waals surface area contributed by atoms with Gasteiger partial charge in [0.1, 0.15) is 11.6 Å². The van der Waals surface area contributed by atoms with Crippen LogP contribution in [0, 0.1) is 11.6 Å². The lowest BCUT2D eigenvalue weighted by atomic mass is 9.96.